The van der Waals surface area contributed by atoms with Crippen molar-refractivity contribution in [3.8, 4) is 0 Å². The average molecular weight is 233 g/mol. The van der Waals surface area contributed by atoms with Crippen LogP contribution in [0.25, 0.3) is 16.8 Å². The Morgan fingerprint density at radius 3 is 2.11 bits per heavy atom. The van der Waals surface area contributed by atoms with Gasteiger partial charge in [0.1, 0.15) is 0 Å². The Bertz CT molecular complexity index is 583. The fraction of sp³-hybridized carbons (Fsp3) is 0. The molecule has 3 aromatic rings. The summed E-state index contributed by atoms with van der Waals surface area (Å²) < 4.78 is 0. The summed E-state index contributed by atoms with van der Waals surface area (Å²) in [6, 6.07) is 20.3. The van der Waals surface area contributed by atoms with Crippen LogP contribution in [0.3, 0.4) is 0 Å². The summed E-state index contributed by atoms with van der Waals surface area (Å²) >= 11 is 0. The van der Waals surface area contributed by atoms with Crippen molar-refractivity contribution in [1.82, 2.24) is 4.98 Å². The number of hydrogen-bond acceptors (Lipinski definition) is 1. The number of hydrogen-bond donors (Lipinski definition) is 0. The highest BCUT2D eigenvalue weighted by Gasteiger charge is 1.93. The summed E-state index contributed by atoms with van der Waals surface area (Å²) in [5.41, 5.74) is 1.20. The van der Waals surface area contributed by atoms with Gasteiger partial charge in [-0.25, -0.2) is 0 Å². The zero-order valence-electron chi connectivity index (χ0n) is 10.2. The molecule has 0 spiro atoms. The van der Waals surface area contributed by atoms with Crippen LogP contribution in [0.1, 0.15) is 5.56 Å². The molecule has 1 heteroatoms. The minimum atomic E-state index is 1.20. The topological polar surface area (TPSA) is 12.9 Å². The molecule has 0 fully saturated rings. The molecule has 0 N–H and O–H groups in total. The van der Waals surface area contributed by atoms with Crippen LogP contribution in [0.5, 0.6) is 0 Å². The maximum absolute atomic E-state index is 3.78. The fourth-order valence-electron chi connectivity index (χ4n) is 1.74. The van der Waals surface area contributed by atoms with E-state index in [2.05, 4.69) is 54.0 Å². The molecule has 3 rings (SSSR count). The van der Waals surface area contributed by atoms with Crippen molar-refractivity contribution in [3.63, 3.8) is 0 Å². The zero-order chi connectivity index (χ0) is 12.6. The molecular formula is C17H15N. The highest BCUT2D eigenvalue weighted by Crippen LogP contribution is 2.18. The second-order valence-electron chi connectivity index (χ2n) is 3.80. The van der Waals surface area contributed by atoms with E-state index in [9.17, 15) is 0 Å². The molecular weight excluding hydrogens is 218 g/mol. The molecule has 1 nitrogen and oxygen atoms in total. The summed E-state index contributed by atoms with van der Waals surface area (Å²) in [6.45, 7) is 3.78. The first-order valence-electron chi connectivity index (χ1n) is 5.87. The third-order valence-corrected chi connectivity index (χ3v) is 2.61. The predicted octanol–water partition coefficient (Wildman–Crippen LogP) is 4.56. The molecule has 0 saturated heterocycles. The Labute approximate surface area is 107 Å². The number of rotatable bonds is 1. The van der Waals surface area contributed by atoms with E-state index in [1.807, 2.05) is 24.3 Å². The third-order valence-electron chi connectivity index (χ3n) is 2.61. The van der Waals surface area contributed by atoms with Crippen molar-refractivity contribution < 1.29 is 0 Å². The van der Waals surface area contributed by atoms with Gasteiger partial charge in [-0.1, -0.05) is 61.2 Å². The lowest BCUT2D eigenvalue weighted by Crippen LogP contribution is -1.75. The predicted molar refractivity (Wildman–Crippen MR) is 78.3 cm³/mol. The first-order chi connectivity index (χ1) is 8.92. The Morgan fingerprint density at radius 1 is 0.778 bits per heavy atom. The molecule has 0 aliphatic carbocycles. The summed E-state index contributed by atoms with van der Waals surface area (Å²) in [6.07, 6.45) is 5.39. The van der Waals surface area contributed by atoms with Gasteiger partial charge < -0.3 is 0 Å². The maximum Gasteiger partial charge on any atom is 0.0267 e. The van der Waals surface area contributed by atoms with Gasteiger partial charge in [0.15, 0.2) is 0 Å². The number of nitrogens with zero attached hydrogens (tertiary/aromatic N) is 1. The van der Waals surface area contributed by atoms with E-state index in [1.54, 1.807) is 12.4 Å². The Hall–Kier alpha value is -2.41. The van der Waals surface area contributed by atoms with Crippen LogP contribution in [0.4, 0.5) is 0 Å². The largest absolute Gasteiger partial charge is 0.265 e. The van der Waals surface area contributed by atoms with Gasteiger partial charge in [-0.15, -0.1) is 0 Å². The van der Waals surface area contributed by atoms with Crippen molar-refractivity contribution in [1.29, 1.82) is 0 Å². The Balaban J connectivity index is 0.000000169. The van der Waals surface area contributed by atoms with E-state index in [4.69, 9.17) is 0 Å². The number of benzene rings is 2. The van der Waals surface area contributed by atoms with Gasteiger partial charge in [0.2, 0.25) is 0 Å². The van der Waals surface area contributed by atoms with Crippen molar-refractivity contribution in [2.75, 3.05) is 0 Å². The van der Waals surface area contributed by atoms with Crippen LogP contribution >= 0.6 is 0 Å². The zero-order valence-corrected chi connectivity index (χ0v) is 10.2. The molecule has 0 atom stereocenters. The van der Waals surface area contributed by atoms with Crippen molar-refractivity contribution in [3.05, 3.63) is 85.2 Å². The average Bonchev–Trinajstić information content (AvgIpc) is 2.49. The lowest BCUT2D eigenvalue weighted by atomic mass is 10.1. The first-order valence-corrected chi connectivity index (χ1v) is 5.87. The Morgan fingerprint density at radius 2 is 1.50 bits per heavy atom. The van der Waals surface area contributed by atoms with Crippen LogP contribution in [0.2, 0.25) is 0 Å². The fourth-order valence-corrected chi connectivity index (χ4v) is 1.74. The van der Waals surface area contributed by atoms with Gasteiger partial charge in [-0.05, 0) is 28.5 Å². The van der Waals surface area contributed by atoms with Gasteiger partial charge in [0, 0.05) is 12.4 Å². The number of pyridine rings is 1. The maximum atomic E-state index is 3.78. The molecule has 0 amide bonds. The summed E-state index contributed by atoms with van der Waals surface area (Å²) in [4.78, 5) is 3.78. The molecule has 88 valence electrons. The van der Waals surface area contributed by atoms with E-state index in [1.165, 1.54) is 16.3 Å². The molecule has 2 aromatic carbocycles. The molecule has 0 aliphatic rings. The minimum Gasteiger partial charge on any atom is -0.265 e. The lowest BCUT2D eigenvalue weighted by molar-refractivity contribution is 1.33. The number of fused-ring (bicyclic) bond motifs is 1. The second-order valence-corrected chi connectivity index (χ2v) is 3.80. The van der Waals surface area contributed by atoms with Gasteiger partial charge >= 0.3 is 0 Å². The molecule has 0 saturated carbocycles. The second kappa shape index (κ2) is 6.36. The van der Waals surface area contributed by atoms with Crippen LogP contribution in [-0.4, -0.2) is 4.98 Å². The SMILES string of the molecule is C=Cc1cccc2ccccc12.c1ccncc1. The first kappa shape index (κ1) is 12.1. The summed E-state index contributed by atoms with van der Waals surface area (Å²) in [5, 5.41) is 2.55. The van der Waals surface area contributed by atoms with Crippen LogP contribution in [0, 0.1) is 0 Å². The van der Waals surface area contributed by atoms with E-state index in [0.717, 1.165) is 0 Å². The van der Waals surface area contributed by atoms with Crippen molar-refractivity contribution in [2.24, 2.45) is 0 Å². The molecule has 18 heavy (non-hydrogen) atoms. The summed E-state index contributed by atoms with van der Waals surface area (Å²) in [5.74, 6) is 0. The smallest absolute Gasteiger partial charge is 0.0267 e. The molecule has 0 bridgehead atoms. The summed E-state index contributed by atoms with van der Waals surface area (Å²) in [7, 11) is 0. The normalized spacial score (nSPS) is 9.33. The van der Waals surface area contributed by atoms with E-state index >= 15 is 0 Å². The van der Waals surface area contributed by atoms with Gasteiger partial charge in [-0.3, -0.25) is 4.98 Å². The van der Waals surface area contributed by atoms with Crippen molar-refractivity contribution in [2.45, 2.75) is 0 Å². The highest BCUT2D eigenvalue weighted by molar-refractivity contribution is 5.90. The molecule has 1 aromatic heterocycles. The molecule has 0 unspecified atom stereocenters. The lowest BCUT2D eigenvalue weighted by Gasteiger charge is -1.99. The van der Waals surface area contributed by atoms with E-state index in [-0.39, 0.29) is 0 Å². The van der Waals surface area contributed by atoms with Gasteiger partial charge in [0.05, 0.1) is 0 Å². The number of aromatic nitrogens is 1. The van der Waals surface area contributed by atoms with Crippen LogP contribution in [0.15, 0.2) is 79.6 Å². The van der Waals surface area contributed by atoms with Gasteiger partial charge in [0.25, 0.3) is 0 Å². The standard InChI is InChI=1S/C12H10.C5H5N/c1-2-10-7-5-8-11-6-3-4-9-12(10)11;1-2-4-6-5-3-1/h2-9H,1H2;1-5H. The molecule has 1 heterocycles. The van der Waals surface area contributed by atoms with Crippen molar-refractivity contribution >= 4 is 16.8 Å². The monoisotopic (exact) mass is 233 g/mol. The van der Waals surface area contributed by atoms with E-state index < -0.39 is 0 Å². The Kier molecular flexibility index (Phi) is 4.26. The van der Waals surface area contributed by atoms with E-state index in [0.29, 0.717) is 0 Å². The van der Waals surface area contributed by atoms with Crippen LogP contribution in [-0.2, 0) is 0 Å². The van der Waals surface area contributed by atoms with Gasteiger partial charge in [-0.2, -0.15) is 0 Å². The van der Waals surface area contributed by atoms with Crippen LogP contribution < -0.4 is 0 Å². The minimum absolute atomic E-state index is 1.20. The quantitative estimate of drug-likeness (QED) is 0.600. The molecule has 0 radical (unpaired) electrons. The highest BCUT2D eigenvalue weighted by atomic mass is 14.6. The molecule has 0 aliphatic heterocycles. The third kappa shape index (κ3) is 3.05.